The van der Waals surface area contributed by atoms with Crippen molar-refractivity contribution in [2.24, 2.45) is 0 Å². The molecule has 11 heteroatoms. The third kappa shape index (κ3) is 12.2. The Hall–Kier alpha value is -3.32. The number of carbonyl (C=O) groups is 1. The number of esters is 1. The van der Waals surface area contributed by atoms with Crippen molar-refractivity contribution >= 4 is 17.7 Å². The highest BCUT2D eigenvalue weighted by atomic mass is 32.2. The Bertz CT molecular complexity index is 1390. The maximum absolute atomic E-state index is 12.9. The molecule has 1 aliphatic heterocycles. The van der Waals surface area contributed by atoms with Crippen LogP contribution >= 0.6 is 11.8 Å². The summed E-state index contributed by atoms with van der Waals surface area (Å²) >= 11 is 1.62. The monoisotopic (exact) mass is 698 g/mol. The van der Waals surface area contributed by atoms with Crippen molar-refractivity contribution in [2.75, 3.05) is 40.3 Å². The van der Waals surface area contributed by atoms with E-state index in [2.05, 4.69) is 6.92 Å². The zero-order chi connectivity index (χ0) is 35.2. The van der Waals surface area contributed by atoms with E-state index in [1.165, 1.54) is 0 Å². The van der Waals surface area contributed by atoms with Gasteiger partial charge in [0.15, 0.2) is 0 Å². The number of ether oxygens (including phenoxy) is 9. The number of rotatable bonds is 18. The molecule has 268 valence electrons. The Balaban J connectivity index is 1.61. The second-order valence-corrected chi connectivity index (χ2v) is 13.8. The van der Waals surface area contributed by atoms with Crippen LogP contribution in [0.15, 0.2) is 72.8 Å². The van der Waals surface area contributed by atoms with Gasteiger partial charge in [-0.2, -0.15) is 0 Å². The van der Waals surface area contributed by atoms with Crippen LogP contribution in [0.1, 0.15) is 44.4 Å². The second-order valence-electron chi connectivity index (χ2n) is 12.5. The van der Waals surface area contributed by atoms with E-state index < -0.39 is 41.4 Å². The Morgan fingerprint density at radius 2 is 1.14 bits per heavy atom. The number of hydrogen-bond acceptors (Lipinski definition) is 11. The van der Waals surface area contributed by atoms with E-state index in [0.29, 0.717) is 13.2 Å². The van der Waals surface area contributed by atoms with Gasteiger partial charge in [0.05, 0.1) is 47.8 Å². The SMILES string of the molecule is CCS[C@@H]1O[C@H](COCc2ccc(OC)cc2)[C@H](OCC(=O)OC(C)(C)C)[C@H](OCc2ccc(OC)cc2)[C@H]1OCc1ccc(OC)cc1. The fourth-order valence-corrected chi connectivity index (χ4v) is 6.23. The molecule has 0 aromatic heterocycles. The molecular formula is C38H50O10S. The van der Waals surface area contributed by atoms with E-state index in [-0.39, 0.29) is 19.8 Å². The fraction of sp³-hybridized carbons (Fsp3) is 0.500. The summed E-state index contributed by atoms with van der Waals surface area (Å²) in [7, 11) is 4.90. The topological polar surface area (TPSA) is 100 Å². The normalized spacial score (nSPS) is 20.8. The largest absolute Gasteiger partial charge is 0.497 e. The molecule has 0 N–H and O–H groups in total. The minimum atomic E-state index is -0.726. The predicted octanol–water partition coefficient (Wildman–Crippen LogP) is 6.60. The van der Waals surface area contributed by atoms with Crippen LogP contribution in [0.5, 0.6) is 17.2 Å². The summed E-state index contributed by atoms with van der Waals surface area (Å²) in [4.78, 5) is 12.9. The lowest BCUT2D eigenvalue weighted by Gasteiger charge is -2.46. The minimum Gasteiger partial charge on any atom is -0.497 e. The molecule has 1 saturated heterocycles. The van der Waals surface area contributed by atoms with E-state index in [1.54, 1.807) is 33.1 Å². The first-order chi connectivity index (χ1) is 23.6. The van der Waals surface area contributed by atoms with E-state index in [1.807, 2.05) is 93.6 Å². The fourth-order valence-electron chi connectivity index (χ4n) is 5.26. The lowest BCUT2D eigenvalue weighted by Crippen LogP contribution is -2.60. The number of hydrogen-bond donors (Lipinski definition) is 0. The smallest absolute Gasteiger partial charge is 0.332 e. The molecule has 0 aliphatic carbocycles. The van der Waals surface area contributed by atoms with Crippen LogP contribution in [0.25, 0.3) is 0 Å². The summed E-state index contributed by atoms with van der Waals surface area (Å²) in [5.41, 5.74) is 1.82. The molecule has 1 heterocycles. The van der Waals surface area contributed by atoms with Crippen molar-refractivity contribution < 1.29 is 47.4 Å². The molecule has 10 nitrogen and oxygen atoms in total. The van der Waals surface area contributed by atoms with Gasteiger partial charge in [0.2, 0.25) is 0 Å². The van der Waals surface area contributed by atoms with Crippen molar-refractivity contribution in [1.29, 1.82) is 0 Å². The second kappa shape index (κ2) is 19.2. The number of thioether (sulfide) groups is 1. The highest BCUT2D eigenvalue weighted by Gasteiger charge is 2.48. The molecule has 49 heavy (non-hydrogen) atoms. The molecule has 3 aromatic rings. The number of carbonyl (C=O) groups excluding carboxylic acids is 1. The summed E-state index contributed by atoms with van der Waals surface area (Å²) in [5, 5.41) is 0. The highest BCUT2D eigenvalue weighted by Crippen LogP contribution is 2.35. The van der Waals surface area contributed by atoms with Gasteiger partial charge in [-0.05, 0) is 79.6 Å². The molecular weight excluding hydrogens is 648 g/mol. The standard InChI is InChI=1S/C38H50O10S/c1-8-49-37-36(45-23-28-13-19-31(42-7)20-14-28)35(44-22-27-11-17-30(41-6)18-12-27)34(46-25-33(39)48-38(2,3)4)32(47-37)24-43-21-26-9-15-29(40-5)16-10-26/h9-20,32,34-37H,8,21-25H2,1-7H3/t32-,34+,35+,36-,37+/m1/s1. The number of methoxy groups -OCH3 is 3. The summed E-state index contributed by atoms with van der Waals surface area (Å²) in [6, 6.07) is 23.1. The van der Waals surface area contributed by atoms with E-state index in [4.69, 9.17) is 42.6 Å². The average Bonchev–Trinajstić information content (AvgIpc) is 3.10. The summed E-state index contributed by atoms with van der Waals surface area (Å²) in [5.74, 6) is 2.58. The van der Waals surface area contributed by atoms with Crippen LogP contribution in [-0.2, 0) is 53.0 Å². The third-order valence-electron chi connectivity index (χ3n) is 7.65. The molecule has 0 amide bonds. The van der Waals surface area contributed by atoms with Gasteiger partial charge in [0.1, 0.15) is 59.3 Å². The van der Waals surface area contributed by atoms with Crippen LogP contribution in [0.3, 0.4) is 0 Å². The maximum Gasteiger partial charge on any atom is 0.332 e. The van der Waals surface area contributed by atoms with Crippen LogP contribution in [0, 0.1) is 0 Å². The van der Waals surface area contributed by atoms with Crippen molar-refractivity contribution in [3.05, 3.63) is 89.5 Å². The molecule has 5 atom stereocenters. The lowest BCUT2D eigenvalue weighted by atomic mass is 9.99. The Morgan fingerprint density at radius 3 is 1.59 bits per heavy atom. The van der Waals surface area contributed by atoms with E-state index >= 15 is 0 Å². The summed E-state index contributed by atoms with van der Waals surface area (Å²) < 4.78 is 54.1. The first-order valence-electron chi connectivity index (χ1n) is 16.4. The molecule has 0 bridgehead atoms. The van der Waals surface area contributed by atoms with Crippen LogP contribution in [0.2, 0.25) is 0 Å². The van der Waals surface area contributed by atoms with Crippen molar-refractivity contribution in [3.8, 4) is 17.2 Å². The van der Waals surface area contributed by atoms with Gasteiger partial charge in [0.25, 0.3) is 0 Å². The van der Waals surface area contributed by atoms with Crippen LogP contribution in [-0.4, -0.2) is 81.7 Å². The van der Waals surface area contributed by atoms with Gasteiger partial charge >= 0.3 is 5.97 Å². The lowest BCUT2D eigenvalue weighted by molar-refractivity contribution is -0.253. The Morgan fingerprint density at radius 1 is 0.673 bits per heavy atom. The zero-order valence-corrected chi connectivity index (χ0v) is 30.4. The van der Waals surface area contributed by atoms with E-state index in [9.17, 15) is 4.79 Å². The average molecular weight is 699 g/mol. The molecule has 4 rings (SSSR count). The molecule has 0 saturated carbocycles. The maximum atomic E-state index is 12.9. The number of benzene rings is 3. The van der Waals surface area contributed by atoms with Crippen LogP contribution < -0.4 is 14.2 Å². The van der Waals surface area contributed by atoms with Gasteiger partial charge in [-0.25, -0.2) is 4.79 Å². The van der Waals surface area contributed by atoms with Gasteiger partial charge in [-0.1, -0.05) is 43.3 Å². The first kappa shape index (κ1) is 38.5. The summed E-state index contributed by atoms with van der Waals surface area (Å²) in [6.45, 7) is 8.36. The molecule has 3 aromatic carbocycles. The summed E-state index contributed by atoms with van der Waals surface area (Å²) in [6.07, 6.45) is -2.48. The van der Waals surface area contributed by atoms with Gasteiger partial charge in [-0.15, -0.1) is 11.8 Å². The Labute approximate surface area is 294 Å². The third-order valence-corrected chi connectivity index (χ3v) is 8.69. The minimum absolute atomic E-state index is 0.194. The molecule has 0 spiro atoms. The highest BCUT2D eigenvalue weighted by molar-refractivity contribution is 7.99. The first-order valence-corrected chi connectivity index (χ1v) is 17.5. The van der Waals surface area contributed by atoms with Crippen molar-refractivity contribution in [3.63, 3.8) is 0 Å². The zero-order valence-electron chi connectivity index (χ0n) is 29.5. The molecule has 1 fully saturated rings. The van der Waals surface area contributed by atoms with Gasteiger partial charge < -0.3 is 42.6 Å². The molecule has 0 radical (unpaired) electrons. The van der Waals surface area contributed by atoms with Crippen LogP contribution in [0.4, 0.5) is 0 Å². The molecule has 1 aliphatic rings. The van der Waals surface area contributed by atoms with Crippen molar-refractivity contribution in [2.45, 2.75) is 83.0 Å². The predicted molar refractivity (Wildman–Crippen MR) is 188 cm³/mol. The van der Waals surface area contributed by atoms with Gasteiger partial charge in [-0.3, -0.25) is 0 Å². The van der Waals surface area contributed by atoms with E-state index in [0.717, 1.165) is 39.7 Å². The van der Waals surface area contributed by atoms with Gasteiger partial charge in [0, 0.05) is 0 Å². The quantitative estimate of drug-likeness (QED) is 0.134. The Kier molecular flexibility index (Phi) is 15.1. The molecule has 0 unspecified atom stereocenters. The van der Waals surface area contributed by atoms with Crippen molar-refractivity contribution in [1.82, 2.24) is 0 Å².